The molecule has 0 heterocycles. The van der Waals surface area contributed by atoms with Gasteiger partial charge in [-0.2, -0.15) is 0 Å². The van der Waals surface area contributed by atoms with Gasteiger partial charge in [-0.1, -0.05) is 24.3 Å². The van der Waals surface area contributed by atoms with E-state index in [1.54, 1.807) is 18.9 Å². The van der Waals surface area contributed by atoms with E-state index >= 15 is 0 Å². The molecule has 0 spiro atoms. The number of hydrogen-bond donors (Lipinski definition) is 1. The van der Waals surface area contributed by atoms with E-state index in [-0.39, 0.29) is 0 Å². The molecule has 106 valence electrons. The highest BCUT2D eigenvalue weighted by atomic mass is 32.2. The molecule has 0 saturated carbocycles. The van der Waals surface area contributed by atoms with E-state index < -0.39 is 6.10 Å². The number of aliphatic hydroxyl groups is 1. The molecule has 1 unspecified atom stereocenters. The van der Waals surface area contributed by atoms with Crippen LogP contribution in [0.2, 0.25) is 0 Å². The summed E-state index contributed by atoms with van der Waals surface area (Å²) in [6, 6.07) is 14.2. The Balaban J connectivity index is 2.15. The third kappa shape index (κ3) is 3.56. The van der Waals surface area contributed by atoms with Gasteiger partial charge in [0.25, 0.3) is 0 Å². The summed E-state index contributed by atoms with van der Waals surface area (Å²) in [5.41, 5.74) is 3.11. The summed E-state index contributed by atoms with van der Waals surface area (Å²) < 4.78 is 5.41. The molecule has 20 heavy (non-hydrogen) atoms. The van der Waals surface area contributed by atoms with E-state index in [2.05, 4.69) is 18.2 Å². The molecule has 0 aliphatic carbocycles. The van der Waals surface area contributed by atoms with Gasteiger partial charge in [-0.15, -0.1) is 11.8 Å². The second-order valence-electron chi connectivity index (χ2n) is 4.84. The Labute approximate surface area is 124 Å². The van der Waals surface area contributed by atoms with Gasteiger partial charge >= 0.3 is 0 Å². The standard InChI is InChI=1S/C17H20O2S/c1-12-9-13(2)17(16(10-12)19-3)15(18)11-20-14-7-5-4-6-8-14/h4-10,15,18H,11H2,1-3H3. The molecule has 0 saturated heterocycles. The monoisotopic (exact) mass is 288 g/mol. The molecule has 0 bridgehead atoms. The van der Waals surface area contributed by atoms with Gasteiger partial charge in [0.2, 0.25) is 0 Å². The normalized spacial score (nSPS) is 12.2. The molecule has 1 N–H and O–H groups in total. The SMILES string of the molecule is COc1cc(C)cc(C)c1C(O)CSc1ccccc1. The second kappa shape index (κ2) is 6.82. The number of hydrogen-bond acceptors (Lipinski definition) is 3. The quantitative estimate of drug-likeness (QED) is 0.839. The molecule has 0 amide bonds. The Bertz CT molecular complexity index is 567. The summed E-state index contributed by atoms with van der Waals surface area (Å²) in [7, 11) is 1.65. The minimum absolute atomic E-state index is 0.532. The van der Waals surface area contributed by atoms with Gasteiger partial charge < -0.3 is 9.84 Å². The third-order valence-electron chi connectivity index (χ3n) is 3.20. The van der Waals surface area contributed by atoms with Crippen LogP contribution in [0.3, 0.4) is 0 Å². The summed E-state index contributed by atoms with van der Waals surface area (Å²) in [5, 5.41) is 10.5. The van der Waals surface area contributed by atoms with Crippen molar-refractivity contribution in [1.82, 2.24) is 0 Å². The largest absolute Gasteiger partial charge is 0.496 e. The average Bonchev–Trinajstić information content (AvgIpc) is 2.45. The first-order valence-corrected chi connectivity index (χ1v) is 7.61. The second-order valence-corrected chi connectivity index (χ2v) is 5.93. The fraction of sp³-hybridized carbons (Fsp3) is 0.294. The molecule has 0 aromatic heterocycles. The Kier molecular flexibility index (Phi) is 5.10. The Morgan fingerprint density at radius 2 is 1.85 bits per heavy atom. The molecule has 1 atom stereocenters. The molecule has 2 rings (SSSR count). The van der Waals surface area contributed by atoms with Crippen molar-refractivity contribution in [1.29, 1.82) is 0 Å². The molecule has 0 aliphatic rings. The Hall–Kier alpha value is -1.45. The van der Waals surface area contributed by atoms with Gasteiger partial charge in [0.15, 0.2) is 0 Å². The first-order chi connectivity index (χ1) is 9.61. The lowest BCUT2D eigenvalue weighted by atomic mass is 10.0. The molecule has 0 aliphatic heterocycles. The summed E-state index contributed by atoms with van der Waals surface area (Å²) in [4.78, 5) is 1.16. The first kappa shape index (κ1) is 14.9. The smallest absolute Gasteiger partial charge is 0.125 e. The van der Waals surface area contributed by atoms with Gasteiger partial charge in [-0.05, 0) is 43.2 Å². The minimum atomic E-state index is -0.532. The van der Waals surface area contributed by atoms with Crippen LogP contribution in [0.1, 0.15) is 22.8 Å². The number of benzene rings is 2. The van der Waals surface area contributed by atoms with Crippen molar-refractivity contribution in [3.63, 3.8) is 0 Å². The fourth-order valence-electron chi connectivity index (χ4n) is 2.31. The predicted octanol–water partition coefficient (Wildman–Crippen LogP) is 4.14. The van der Waals surface area contributed by atoms with Crippen molar-refractivity contribution in [3.8, 4) is 5.75 Å². The highest BCUT2D eigenvalue weighted by Crippen LogP contribution is 2.33. The van der Waals surface area contributed by atoms with E-state index in [0.29, 0.717) is 5.75 Å². The minimum Gasteiger partial charge on any atom is -0.496 e. The summed E-state index contributed by atoms with van der Waals surface area (Å²) in [6.45, 7) is 4.05. The lowest BCUT2D eigenvalue weighted by molar-refractivity contribution is 0.198. The van der Waals surface area contributed by atoms with E-state index in [9.17, 15) is 5.11 Å². The van der Waals surface area contributed by atoms with Crippen LogP contribution in [0.15, 0.2) is 47.4 Å². The number of rotatable bonds is 5. The Morgan fingerprint density at radius 1 is 1.15 bits per heavy atom. The zero-order valence-electron chi connectivity index (χ0n) is 12.1. The maximum Gasteiger partial charge on any atom is 0.125 e. The maximum absolute atomic E-state index is 10.5. The molecular weight excluding hydrogens is 268 g/mol. The molecule has 2 nitrogen and oxygen atoms in total. The number of aryl methyl sites for hydroxylation is 2. The van der Waals surface area contributed by atoms with E-state index in [1.807, 2.05) is 38.1 Å². The highest BCUT2D eigenvalue weighted by Gasteiger charge is 2.17. The van der Waals surface area contributed by atoms with Crippen LogP contribution in [0.5, 0.6) is 5.75 Å². The van der Waals surface area contributed by atoms with E-state index in [0.717, 1.165) is 27.3 Å². The number of aliphatic hydroxyl groups excluding tert-OH is 1. The van der Waals surface area contributed by atoms with E-state index in [1.165, 1.54) is 0 Å². The predicted molar refractivity (Wildman–Crippen MR) is 84.6 cm³/mol. The van der Waals surface area contributed by atoms with Gasteiger partial charge in [-0.3, -0.25) is 0 Å². The molecule has 0 radical (unpaired) electrons. The Morgan fingerprint density at radius 3 is 2.50 bits per heavy atom. The van der Waals surface area contributed by atoms with Crippen LogP contribution < -0.4 is 4.74 Å². The van der Waals surface area contributed by atoms with Crippen LogP contribution >= 0.6 is 11.8 Å². The molecule has 0 fully saturated rings. The van der Waals surface area contributed by atoms with Gasteiger partial charge in [0.1, 0.15) is 5.75 Å². The lowest BCUT2D eigenvalue weighted by Crippen LogP contribution is -2.06. The fourth-order valence-corrected chi connectivity index (χ4v) is 3.18. The zero-order valence-corrected chi connectivity index (χ0v) is 12.9. The molecular formula is C17H20O2S. The van der Waals surface area contributed by atoms with Crippen molar-refractivity contribution in [2.24, 2.45) is 0 Å². The third-order valence-corrected chi connectivity index (χ3v) is 4.29. The van der Waals surface area contributed by atoms with Crippen LogP contribution in [-0.2, 0) is 0 Å². The summed E-state index contributed by atoms with van der Waals surface area (Å²) in [6.07, 6.45) is -0.532. The highest BCUT2D eigenvalue weighted by molar-refractivity contribution is 7.99. The van der Waals surface area contributed by atoms with Gasteiger partial charge in [-0.25, -0.2) is 0 Å². The van der Waals surface area contributed by atoms with Gasteiger partial charge in [0.05, 0.1) is 13.2 Å². The number of methoxy groups -OCH3 is 1. The maximum atomic E-state index is 10.5. The van der Waals surface area contributed by atoms with Crippen molar-refractivity contribution in [2.75, 3.05) is 12.9 Å². The lowest BCUT2D eigenvalue weighted by Gasteiger charge is -2.18. The van der Waals surface area contributed by atoms with Crippen molar-refractivity contribution < 1.29 is 9.84 Å². The van der Waals surface area contributed by atoms with Crippen LogP contribution in [0.25, 0.3) is 0 Å². The molecule has 2 aromatic carbocycles. The van der Waals surface area contributed by atoms with E-state index in [4.69, 9.17) is 4.74 Å². The van der Waals surface area contributed by atoms with Gasteiger partial charge in [0, 0.05) is 16.2 Å². The summed E-state index contributed by atoms with van der Waals surface area (Å²) >= 11 is 1.65. The first-order valence-electron chi connectivity index (χ1n) is 6.63. The van der Waals surface area contributed by atoms with Crippen molar-refractivity contribution in [2.45, 2.75) is 24.8 Å². The van der Waals surface area contributed by atoms with Crippen molar-refractivity contribution >= 4 is 11.8 Å². The van der Waals surface area contributed by atoms with Crippen LogP contribution in [0, 0.1) is 13.8 Å². The van der Waals surface area contributed by atoms with Crippen LogP contribution in [0.4, 0.5) is 0 Å². The average molecular weight is 288 g/mol. The summed E-state index contributed by atoms with van der Waals surface area (Å²) in [5.74, 6) is 1.38. The van der Waals surface area contributed by atoms with Crippen molar-refractivity contribution in [3.05, 3.63) is 59.2 Å². The molecule has 3 heteroatoms. The van der Waals surface area contributed by atoms with Crippen LogP contribution in [-0.4, -0.2) is 18.0 Å². The zero-order chi connectivity index (χ0) is 14.5. The number of ether oxygens (including phenoxy) is 1. The topological polar surface area (TPSA) is 29.5 Å². The number of thioether (sulfide) groups is 1. The molecule has 2 aromatic rings.